The second-order valence-electron chi connectivity index (χ2n) is 3.39. The lowest BCUT2D eigenvalue weighted by Gasteiger charge is -1.94. The Morgan fingerprint density at radius 2 is 1.75 bits per heavy atom. The van der Waals surface area contributed by atoms with Crippen molar-refractivity contribution in [1.82, 2.24) is 14.8 Å². The van der Waals surface area contributed by atoms with Crippen molar-refractivity contribution in [1.29, 1.82) is 0 Å². The zero-order chi connectivity index (χ0) is 12.6. The van der Waals surface area contributed by atoms with Gasteiger partial charge >= 0.3 is 0 Å². The summed E-state index contributed by atoms with van der Waals surface area (Å²) >= 11 is 0. The molecule has 0 aliphatic rings. The van der Waals surface area contributed by atoms with Gasteiger partial charge in [0.05, 0.1) is 11.2 Å². The molecule has 0 atom stereocenters. The summed E-state index contributed by atoms with van der Waals surface area (Å²) in [4.78, 5) is 0. The van der Waals surface area contributed by atoms with Gasteiger partial charge in [0.25, 0.3) is 0 Å². The van der Waals surface area contributed by atoms with E-state index in [-0.39, 0.29) is 0 Å². The van der Waals surface area contributed by atoms with Crippen molar-refractivity contribution in [2.75, 3.05) is 0 Å². The van der Waals surface area contributed by atoms with Gasteiger partial charge in [-0.3, -0.25) is 0 Å². The van der Waals surface area contributed by atoms with Crippen LogP contribution >= 0.6 is 0 Å². The fraction of sp³-hybridized carbons (Fsp3) is 0.538. The molecule has 3 nitrogen and oxygen atoms in total. The molecule has 0 aliphatic heterocycles. The second kappa shape index (κ2) is 7.85. The monoisotopic (exact) mass is 221 g/mol. The highest BCUT2D eigenvalue weighted by Crippen LogP contribution is 2.10. The predicted octanol–water partition coefficient (Wildman–Crippen LogP) is 3.72. The van der Waals surface area contributed by atoms with E-state index in [1.807, 2.05) is 50.7 Å². The number of hydrogen-bond acceptors (Lipinski definition) is 2. The molecular formula is C13H23N3. The zero-order valence-corrected chi connectivity index (χ0v) is 11.3. The minimum Gasteiger partial charge on any atom is -0.349 e. The van der Waals surface area contributed by atoms with Gasteiger partial charge in [-0.2, -0.15) is 5.10 Å². The lowest BCUT2D eigenvalue weighted by Crippen LogP contribution is -1.89. The van der Waals surface area contributed by atoms with Gasteiger partial charge in [0.1, 0.15) is 5.52 Å². The molecule has 2 aromatic rings. The number of nitrogens with zero attached hydrogens (tertiary/aromatic N) is 3. The normalized spacial score (nSPS) is 8.88. The molecule has 2 aromatic heterocycles. The number of aromatic nitrogens is 3. The fourth-order valence-corrected chi connectivity index (χ4v) is 1.15. The third-order valence-electron chi connectivity index (χ3n) is 1.76. The third kappa shape index (κ3) is 4.01. The minimum absolute atomic E-state index is 0.957. The first-order chi connectivity index (χ1) is 7.69. The maximum Gasteiger partial charge on any atom is 0.111 e. The van der Waals surface area contributed by atoms with E-state index in [9.17, 15) is 0 Å². The lowest BCUT2D eigenvalue weighted by atomic mass is 10.4. The van der Waals surface area contributed by atoms with E-state index >= 15 is 0 Å². The fourth-order valence-electron chi connectivity index (χ4n) is 1.15. The highest BCUT2D eigenvalue weighted by atomic mass is 15.1. The first-order valence-corrected chi connectivity index (χ1v) is 5.94. The van der Waals surface area contributed by atoms with Gasteiger partial charge in [0.2, 0.25) is 0 Å². The molecule has 0 aromatic carbocycles. The van der Waals surface area contributed by atoms with E-state index in [1.54, 1.807) is 0 Å². The van der Waals surface area contributed by atoms with Gasteiger partial charge in [-0.05, 0) is 19.1 Å². The smallest absolute Gasteiger partial charge is 0.111 e. The number of fused-ring (bicyclic) bond motifs is 1. The summed E-state index contributed by atoms with van der Waals surface area (Å²) in [5.41, 5.74) is 3.05. The van der Waals surface area contributed by atoms with E-state index in [0.29, 0.717) is 0 Å². The van der Waals surface area contributed by atoms with Gasteiger partial charge in [0.15, 0.2) is 0 Å². The summed E-state index contributed by atoms with van der Waals surface area (Å²) < 4.78 is 2.04. The van der Waals surface area contributed by atoms with Gasteiger partial charge < -0.3 is 4.57 Å². The number of rotatable bonds is 0. The van der Waals surface area contributed by atoms with Crippen LogP contribution in [-0.4, -0.2) is 14.8 Å². The average molecular weight is 221 g/mol. The van der Waals surface area contributed by atoms with Crippen LogP contribution in [0.1, 0.15) is 39.8 Å². The molecule has 0 saturated carbocycles. The van der Waals surface area contributed by atoms with Crippen molar-refractivity contribution in [2.45, 2.75) is 41.0 Å². The second-order valence-corrected chi connectivity index (χ2v) is 3.39. The molecule has 0 bridgehead atoms. The first-order valence-electron chi connectivity index (χ1n) is 5.94. The molecule has 0 aliphatic carbocycles. The molecule has 2 heterocycles. The van der Waals surface area contributed by atoms with Crippen LogP contribution in [0.2, 0.25) is 0 Å². The Balaban J connectivity index is 0.000000394. The molecule has 0 unspecified atom stereocenters. The molecular weight excluding hydrogens is 198 g/mol. The van der Waals surface area contributed by atoms with E-state index in [1.165, 1.54) is 6.42 Å². The molecule has 0 saturated heterocycles. The zero-order valence-electron chi connectivity index (χ0n) is 11.3. The quantitative estimate of drug-likeness (QED) is 0.679. The SMILES string of the molecule is CC.CCC.Cc1cc2c(ccn2C)nn1. The molecule has 0 radical (unpaired) electrons. The Morgan fingerprint density at radius 3 is 2.31 bits per heavy atom. The molecule has 0 spiro atoms. The number of aryl methyl sites for hydroxylation is 2. The van der Waals surface area contributed by atoms with Crippen molar-refractivity contribution in [3.05, 3.63) is 24.0 Å². The Labute approximate surface area is 98.5 Å². The standard InChI is InChI=1S/C8H9N3.C3H8.C2H6/c1-6-5-8-7(10-9-6)3-4-11(8)2;1-3-2;1-2/h3-5H,1-2H3;3H2,1-2H3;1-2H3. The summed E-state index contributed by atoms with van der Waals surface area (Å²) in [6, 6.07) is 3.99. The van der Waals surface area contributed by atoms with E-state index in [4.69, 9.17) is 0 Å². The van der Waals surface area contributed by atoms with Crippen molar-refractivity contribution >= 4 is 11.0 Å². The van der Waals surface area contributed by atoms with E-state index < -0.39 is 0 Å². The van der Waals surface area contributed by atoms with Gasteiger partial charge in [-0.25, -0.2) is 0 Å². The Bertz CT molecular complexity index is 404. The van der Waals surface area contributed by atoms with E-state index in [2.05, 4.69) is 24.0 Å². The Hall–Kier alpha value is -1.38. The summed E-state index contributed by atoms with van der Waals surface area (Å²) in [6.07, 6.45) is 3.23. The van der Waals surface area contributed by atoms with Crippen molar-refractivity contribution in [2.24, 2.45) is 7.05 Å². The Kier molecular flexibility index (Phi) is 7.18. The van der Waals surface area contributed by atoms with Crippen molar-refractivity contribution in [3.8, 4) is 0 Å². The van der Waals surface area contributed by atoms with Crippen LogP contribution in [0.5, 0.6) is 0 Å². The summed E-state index contributed by atoms with van der Waals surface area (Å²) in [5.74, 6) is 0. The maximum absolute atomic E-state index is 4.03. The van der Waals surface area contributed by atoms with Crippen LogP contribution in [0.4, 0.5) is 0 Å². The highest BCUT2D eigenvalue weighted by Gasteiger charge is 1.98. The van der Waals surface area contributed by atoms with Crippen LogP contribution in [0.25, 0.3) is 11.0 Å². The molecule has 90 valence electrons. The Morgan fingerprint density at radius 1 is 1.19 bits per heavy atom. The molecule has 3 heteroatoms. The van der Waals surface area contributed by atoms with Crippen LogP contribution < -0.4 is 0 Å². The van der Waals surface area contributed by atoms with Gasteiger partial charge in [0, 0.05) is 13.2 Å². The van der Waals surface area contributed by atoms with Gasteiger partial charge in [-0.15, -0.1) is 5.10 Å². The highest BCUT2D eigenvalue weighted by molar-refractivity contribution is 5.75. The van der Waals surface area contributed by atoms with Crippen LogP contribution in [0, 0.1) is 6.92 Å². The minimum atomic E-state index is 0.957. The lowest BCUT2D eigenvalue weighted by molar-refractivity contribution is 0.954. The van der Waals surface area contributed by atoms with E-state index in [0.717, 1.165) is 16.7 Å². The third-order valence-corrected chi connectivity index (χ3v) is 1.76. The van der Waals surface area contributed by atoms with Crippen molar-refractivity contribution < 1.29 is 0 Å². The topological polar surface area (TPSA) is 30.7 Å². The predicted molar refractivity (Wildman–Crippen MR) is 70.6 cm³/mol. The molecule has 2 rings (SSSR count). The van der Waals surface area contributed by atoms with Crippen molar-refractivity contribution in [3.63, 3.8) is 0 Å². The first kappa shape index (κ1) is 14.6. The summed E-state index contributed by atoms with van der Waals surface area (Å²) in [5, 5.41) is 7.99. The van der Waals surface area contributed by atoms with Crippen LogP contribution in [0.15, 0.2) is 18.3 Å². The number of hydrogen-bond donors (Lipinski definition) is 0. The maximum atomic E-state index is 4.03. The largest absolute Gasteiger partial charge is 0.349 e. The van der Waals surface area contributed by atoms with Crippen LogP contribution in [0.3, 0.4) is 0 Å². The molecule has 0 amide bonds. The summed E-state index contributed by atoms with van der Waals surface area (Å²) in [6.45, 7) is 10.2. The average Bonchev–Trinajstić information content (AvgIpc) is 2.64. The van der Waals surface area contributed by atoms with Gasteiger partial charge in [-0.1, -0.05) is 34.1 Å². The van der Waals surface area contributed by atoms with Crippen LogP contribution in [-0.2, 0) is 7.05 Å². The molecule has 0 fully saturated rings. The molecule has 16 heavy (non-hydrogen) atoms. The summed E-state index contributed by atoms with van der Waals surface area (Å²) in [7, 11) is 2.00. The molecule has 0 N–H and O–H groups in total.